The zero-order chi connectivity index (χ0) is 13.0. The fraction of sp³-hybridized carbons (Fsp3) is 0.714. The minimum absolute atomic E-state index is 0.275. The summed E-state index contributed by atoms with van der Waals surface area (Å²) in [5, 5.41) is 0.275. The largest absolute Gasteiger partial charge is 0.416 e. The van der Waals surface area contributed by atoms with E-state index in [9.17, 15) is 0 Å². The number of hydrogen-bond acceptors (Lipinski definition) is 1. The molecule has 0 bridgehead atoms. The highest BCUT2D eigenvalue weighted by atomic mass is 28.4. The van der Waals surface area contributed by atoms with Crippen molar-refractivity contribution in [3.63, 3.8) is 0 Å². The molecule has 0 fully saturated rings. The zero-order valence-electron chi connectivity index (χ0n) is 11.8. The summed E-state index contributed by atoms with van der Waals surface area (Å²) in [6.45, 7) is 16.2. The van der Waals surface area contributed by atoms with Gasteiger partial charge in [0.1, 0.15) is 0 Å². The molecule has 0 spiro atoms. The van der Waals surface area contributed by atoms with Gasteiger partial charge in [0.25, 0.3) is 0 Å². The predicted octanol–water partition coefficient (Wildman–Crippen LogP) is 4.22. The van der Waals surface area contributed by atoms with Gasteiger partial charge in [-0.3, -0.25) is 0 Å². The van der Waals surface area contributed by atoms with Gasteiger partial charge in [0.15, 0.2) is 8.32 Å². The molecule has 0 aromatic carbocycles. The molecule has 0 aromatic heterocycles. The highest BCUT2D eigenvalue weighted by molar-refractivity contribution is 6.74. The second-order valence-corrected chi connectivity index (χ2v) is 10.9. The molecule has 1 nitrogen and oxygen atoms in total. The Labute approximate surface area is 102 Å². The van der Waals surface area contributed by atoms with Gasteiger partial charge >= 0.3 is 0 Å². The van der Waals surface area contributed by atoms with Crippen LogP contribution in [0.5, 0.6) is 0 Å². The van der Waals surface area contributed by atoms with Crippen LogP contribution in [0.2, 0.25) is 18.1 Å². The van der Waals surface area contributed by atoms with Crippen molar-refractivity contribution in [2.24, 2.45) is 5.92 Å². The van der Waals surface area contributed by atoms with Crippen molar-refractivity contribution in [2.45, 2.75) is 52.8 Å². The Kier molecular flexibility index (Phi) is 5.51. The molecule has 0 aromatic rings. The van der Waals surface area contributed by atoms with Crippen LogP contribution in [0, 0.1) is 18.3 Å². The number of hydrogen-bond donors (Lipinski definition) is 0. The van der Waals surface area contributed by atoms with Crippen LogP contribution in [0.25, 0.3) is 0 Å². The van der Waals surface area contributed by atoms with Crippen molar-refractivity contribution >= 4 is 8.32 Å². The summed E-state index contributed by atoms with van der Waals surface area (Å²) >= 11 is 0. The van der Waals surface area contributed by atoms with Crippen LogP contribution in [0.3, 0.4) is 0 Å². The van der Waals surface area contributed by atoms with E-state index in [1.807, 2.05) is 6.92 Å². The summed E-state index contributed by atoms with van der Waals surface area (Å²) in [5.74, 6) is 3.03. The van der Waals surface area contributed by atoms with Gasteiger partial charge in [0.2, 0.25) is 0 Å². The van der Waals surface area contributed by atoms with E-state index in [1.165, 1.54) is 0 Å². The maximum atomic E-state index is 6.13. The molecule has 0 radical (unpaired) electrons. The van der Waals surface area contributed by atoms with E-state index in [-0.39, 0.29) is 5.04 Å². The minimum atomic E-state index is -1.61. The Morgan fingerprint density at radius 3 is 2.31 bits per heavy atom. The smallest absolute Gasteiger partial charge is 0.192 e. The third kappa shape index (κ3) is 5.00. The molecule has 0 heterocycles. The van der Waals surface area contributed by atoms with E-state index in [0.29, 0.717) is 5.92 Å². The average molecular weight is 238 g/mol. The van der Waals surface area contributed by atoms with Crippen LogP contribution < -0.4 is 0 Å². The molecule has 92 valence electrons. The lowest BCUT2D eigenvalue weighted by Crippen LogP contribution is -2.41. The first-order chi connectivity index (χ1) is 7.10. The second kappa shape index (κ2) is 5.70. The first-order valence-electron chi connectivity index (χ1n) is 5.89. The quantitative estimate of drug-likeness (QED) is 0.526. The highest BCUT2D eigenvalue weighted by Crippen LogP contribution is 2.36. The van der Waals surface area contributed by atoms with E-state index in [0.717, 1.165) is 12.2 Å². The summed E-state index contributed by atoms with van der Waals surface area (Å²) in [6.07, 6.45) is 7.43. The molecular weight excluding hydrogens is 212 g/mol. The summed E-state index contributed by atoms with van der Waals surface area (Å²) in [5.41, 5.74) is 0.992. The van der Waals surface area contributed by atoms with Gasteiger partial charge in [-0.05, 0) is 36.5 Å². The van der Waals surface area contributed by atoms with Gasteiger partial charge in [-0.25, -0.2) is 0 Å². The molecule has 0 saturated carbocycles. The lowest BCUT2D eigenvalue weighted by Gasteiger charge is -2.36. The average Bonchev–Trinajstić information content (AvgIpc) is 2.13. The van der Waals surface area contributed by atoms with Crippen molar-refractivity contribution in [2.75, 3.05) is 6.61 Å². The molecule has 2 heteroatoms. The molecule has 1 atom stereocenters. The maximum absolute atomic E-state index is 6.13. The first-order valence-corrected chi connectivity index (χ1v) is 8.80. The Balaban J connectivity index is 4.33. The van der Waals surface area contributed by atoms with Crippen molar-refractivity contribution in [1.29, 1.82) is 0 Å². The Morgan fingerprint density at radius 1 is 1.44 bits per heavy atom. The molecule has 0 aliphatic heterocycles. The molecule has 0 aliphatic rings. The van der Waals surface area contributed by atoms with Crippen LogP contribution in [0.4, 0.5) is 0 Å². The highest BCUT2D eigenvalue weighted by Gasteiger charge is 2.37. The van der Waals surface area contributed by atoms with Gasteiger partial charge in [-0.15, -0.1) is 6.42 Å². The van der Waals surface area contributed by atoms with Gasteiger partial charge in [0.05, 0.1) is 0 Å². The topological polar surface area (TPSA) is 9.23 Å². The fourth-order valence-corrected chi connectivity index (χ4v) is 2.19. The fourth-order valence-electron chi connectivity index (χ4n) is 1.08. The van der Waals surface area contributed by atoms with Gasteiger partial charge in [0, 0.05) is 6.61 Å². The number of rotatable bonds is 4. The lowest BCUT2D eigenvalue weighted by molar-refractivity contribution is 0.259. The molecular formula is C14H26OSi. The van der Waals surface area contributed by atoms with Gasteiger partial charge in [-0.1, -0.05) is 39.7 Å². The van der Waals surface area contributed by atoms with Crippen LogP contribution in [0.15, 0.2) is 11.6 Å². The van der Waals surface area contributed by atoms with Crippen LogP contribution in [-0.2, 0) is 4.43 Å². The van der Waals surface area contributed by atoms with Crippen LogP contribution >= 0.6 is 0 Å². The predicted molar refractivity (Wildman–Crippen MR) is 74.9 cm³/mol. The third-order valence-corrected chi connectivity index (χ3v) is 7.78. The van der Waals surface area contributed by atoms with Crippen molar-refractivity contribution in [1.82, 2.24) is 0 Å². The van der Waals surface area contributed by atoms with Crippen LogP contribution in [0.1, 0.15) is 34.6 Å². The molecule has 0 rings (SSSR count). The Hall–Kier alpha value is -0.523. The monoisotopic (exact) mass is 238 g/mol. The molecule has 0 saturated heterocycles. The van der Waals surface area contributed by atoms with Crippen molar-refractivity contribution < 1.29 is 4.43 Å². The summed E-state index contributed by atoms with van der Waals surface area (Å²) < 4.78 is 6.13. The SMILES string of the molecule is C#C/C(C)=C\[C@H](C)CO[Si](C)(C)C(C)(C)C. The lowest BCUT2D eigenvalue weighted by atomic mass is 10.1. The van der Waals surface area contributed by atoms with Crippen molar-refractivity contribution in [3.8, 4) is 12.3 Å². The van der Waals surface area contributed by atoms with E-state index < -0.39 is 8.32 Å². The summed E-state index contributed by atoms with van der Waals surface area (Å²) in [4.78, 5) is 0. The number of terminal acetylenes is 1. The Bertz CT molecular complexity index is 289. The normalized spacial score (nSPS) is 15.8. The van der Waals surface area contributed by atoms with E-state index in [1.54, 1.807) is 0 Å². The van der Waals surface area contributed by atoms with Crippen LogP contribution in [-0.4, -0.2) is 14.9 Å². The Morgan fingerprint density at radius 2 is 1.94 bits per heavy atom. The summed E-state index contributed by atoms with van der Waals surface area (Å²) in [7, 11) is -1.61. The summed E-state index contributed by atoms with van der Waals surface area (Å²) in [6, 6.07) is 0. The molecule has 16 heavy (non-hydrogen) atoms. The molecule has 0 aliphatic carbocycles. The molecule has 0 unspecified atom stereocenters. The maximum Gasteiger partial charge on any atom is 0.192 e. The number of allylic oxidation sites excluding steroid dienone is 1. The van der Waals surface area contributed by atoms with E-state index >= 15 is 0 Å². The molecule has 0 N–H and O–H groups in total. The van der Waals surface area contributed by atoms with Crippen molar-refractivity contribution in [3.05, 3.63) is 11.6 Å². The third-order valence-electron chi connectivity index (χ3n) is 3.28. The standard InChI is InChI=1S/C14H26OSi/c1-9-12(2)10-13(3)11-15-16(7,8)14(4,5)6/h1,10,13H,11H2,2-8H3/b12-10-/t13-/m0/s1. The molecule has 0 amide bonds. The van der Waals surface area contributed by atoms with E-state index in [2.05, 4.69) is 52.8 Å². The minimum Gasteiger partial charge on any atom is -0.416 e. The zero-order valence-corrected chi connectivity index (χ0v) is 12.8. The second-order valence-electron chi connectivity index (χ2n) is 6.04. The van der Waals surface area contributed by atoms with E-state index in [4.69, 9.17) is 10.8 Å². The first kappa shape index (κ1) is 15.5. The van der Waals surface area contributed by atoms with Gasteiger partial charge in [-0.2, -0.15) is 0 Å². The van der Waals surface area contributed by atoms with Gasteiger partial charge < -0.3 is 4.43 Å².